The van der Waals surface area contributed by atoms with Crippen LogP contribution < -0.4 is 5.69 Å². The molecule has 2 rings (SSSR count). The van der Waals surface area contributed by atoms with Crippen LogP contribution >= 0.6 is 0 Å². The van der Waals surface area contributed by atoms with Crippen molar-refractivity contribution in [1.82, 2.24) is 9.55 Å². The summed E-state index contributed by atoms with van der Waals surface area (Å²) in [6, 6.07) is 0. The minimum Gasteiger partial charge on any atom is -0.491 e. The molecule has 8 heteroatoms. The van der Waals surface area contributed by atoms with Gasteiger partial charge >= 0.3 is 5.69 Å². The Morgan fingerprint density at radius 2 is 2.19 bits per heavy atom. The normalized spacial score (nSPS) is 29.8. The van der Waals surface area contributed by atoms with Crippen LogP contribution in [0.4, 0.5) is 0 Å². The maximum absolute atomic E-state index is 11.3. The predicted octanol–water partition coefficient (Wildman–Crippen LogP) is -1.77. The molecule has 0 aromatic carbocycles. The highest BCUT2D eigenvalue weighted by atomic mass is 16.5. The van der Waals surface area contributed by atoms with Gasteiger partial charge in [0.05, 0.1) is 12.7 Å². The van der Waals surface area contributed by atoms with Crippen molar-refractivity contribution < 1.29 is 25.2 Å². The van der Waals surface area contributed by atoms with E-state index in [9.17, 15) is 15.0 Å². The minimum absolute atomic E-state index is 0.0516. The van der Waals surface area contributed by atoms with Crippen LogP contribution in [0.1, 0.15) is 12.6 Å². The lowest BCUT2D eigenvalue weighted by Crippen LogP contribution is -2.25. The highest BCUT2D eigenvalue weighted by Crippen LogP contribution is 2.32. The topological polar surface area (TPSA) is 128 Å². The van der Waals surface area contributed by atoms with E-state index >= 15 is 0 Å². The molecule has 1 aromatic rings. The fourth-order valence-corrected chi connectivity index (χ4v) is 1.73. The average Bonchev–Trinajstić information content (AvgIpc) is 2.69. The van der Waals surface area contributed by atoms with Gasteiger partial charge < -0.3 is 25.2 Å². The highest BCUT2D eigenvalue weighted by molar-refractivity contribution is 5.23. The van der Waals surface area contributed by atoms with Gasteiger partial charge in [0, 0.05) is 6.42 Å². The maximum atomic E-state index is 11.3. The Hall–Kier alpha value is -1.51. The van der Waals surface area contributed by atoms with Gasteiger partial charge in [0.25, 0.3) is 11.8 Å². The Bertz CT molecular complexity index is 438. The molecule has 16 heavy (non-hydrogen) atoms. The van der Waals surface area contributed by atoms with E-state index in [0.717, 1.165) is 4.57 Å². The molecular formula is C8H12N2O6. The van der Waals surface area contributed by atoms with E-state index in [1.165, 1.54) is 0 Å². The van der Waals surface area contributed by atoms with Crippen LogP contribution in [0.25, 0.3) is 0 Å². The molecular weight excluding hydrogens is 220 g/mol. The van der Waals surface area contributed by atoms with Crippen LogP contribution in [0.15, 0.2) is 4.79 Å². The molecule has 0 aliphatic carbocycles. The lowest BCUT2D eigenvalue weighted by molar-refractivity contribution is -0.0472. The van der Waals surface area contributed by atoms with Crippen molar-refractivity contribution in [3.8, 4) is 11.8 Å². The largest absolute Gasteiger partial charge is 0.491 e. The van der Waals surface area contributed by atoms with E-state index in [-0.39, 0.29) is 13.0 Å². The molecule has 1 aliphatic rings. The minimum atomic E-state index is -0.918. The number of aromatic nitrogens is 2. The highest BCUT2D eigenvalue weighted by Gasteiger charge is 2.36. The summed E-state index contributed by atoms with van der Waals surface area (Å²) in [6.45, 7) is -0.385. The van der Waals surface area contributed by atoms with E-state index in [2.05, 4.69) is 0 Å². The van der Waals surface area contributed by atoms with Crippen molar-refractivity contribution in [1.29, 1.82) is 0 Å². The van der Waals surface area contributed by atoms with Crippen LogP contribution in [0, 0.1) is 0 Å². The average molecular weight is 232 g/mol. The number of aliphatic hydroxyl groups excluding tert-OH is 2. The van der Waals surface area contributed by atoms with Gasteiger partial charge in [-0.05, 0) is 0 Å². The Balaban J connectivity index is 2.30. The van der Waals surface area contributed by atoms with Crippen LogP contribution in [0.2, 0.25) is 0 Å². The number of hydrogen-bond donors (Lipinski definition) is 5. The second-order valence-corrected chi connectivity index (χ2v) is 3.59. The summed E-state index contributed by atoms with van der Waals surface area (Å²) in [7, 11) is 0. The molecule has 0 spiro atoms. The molecule has 1 fully saturated rings. The fourth-order valence-electron chi connectivity index (χ4n) is 1.73. The second-order valence-electron chi connectivity index (χ2n) is 3.59. The predicted molar refractivity (Wildman–Crippen MR) is 50.0 cm³/mol. The molecule has 90 valence electrons. The van der Waals surface area contributed by atoms with Crippen molar-refractivity contribution in [2.45, 2.75) is 24.9 Å². The number of imidazole rings is 1. The number of rotatable bonds is 2. The zero-order valence-corrected chi connectivity index (χ0v) is 8.20. The van der Waals surface area contributed by atoms with Gasteiger partial charge in [-0.25, -0.2) is 9.36 Å². The third-order valence-electron chi connectivity index (χ3n) is 2.56. The summed E-state index contributed by atoms with van der Waals surface area (Å²) in [6.07, 6.45) is -2.57. The van der Waals surface area contributed by atoms with Crippen molar-refractivity contribution in [3.05, 3.63) is 10.5 Å². The van der Waals surface area contributed by atoms with E-state index < -0.39 is 35.9 Å². The first-order valence-corrected chi connectivity index (χ1v) is 4.71. The lowest BCUT2D eigenvalue weighted by Gasteiger charge is -2.12. The summed E-state index contributed by atoms with van der Waals surface area (Å²) >= 11 is 0. The number of aromatic amines is 1. The number of aromatic hydroxyl groups is 2. The number of hydrogen-bond acceptors (Lipinski definition) is 6. The van der Waals surface area contributed by atoms with Gasteiger partial charge in [-0.2, -0.15) is 0 Å². The second kappa shape index (κ2) is 3.81. The number of ether oxygens (including phenoxy) is 1. The van der Waals surface area contributed by atoms with E-state index in [1.807, 2.05) is 4.98 Å². The summed E-state index contributed by atoms with van der Waals surface area (Å²) < 4.78 is 5.94. The Morgan fingerprint density at radius 1 is 1.50 bits per heavy atom. The molecule has 3 atom stereocenters. The van der Waals surface area contributed by atoms with E-state index in [4.69, 9.17) is 14.9 Å². The van der Waals surface area contributed by atoms with Gasteiger partial charge in [0.15, 0.2) is 0 Å². The van der Waals surface area contributed by atoms with Crippen LogP contribution in [-0.4, -0.2) is 48.8 Å². The molecule has 1 aliphatic heterocycles. The molecule has 0 unspecified atom stereocenters. The first-order valence-electron chi connectivity index (χ1n) is 4.71. The van der Waals surface area contributed by atoms with Crippen molar-refractivity contribution >= 4 is 0 Å². The summed E-state index contributed by atoms with van der Waals surface area (Å²) in [5, 5.41) is 36.8. The summed E-state index contributed by atoms with van der Waals surface area (Å²) in [4.78, 5) is 13.3. The Morgan fingerprint density at radius 3 is 2.62 bits per heavy atom. The smallest absolute Gasteiger partial charge is 0.333 e. The molecule has 0 bridgehead atoms. The van der Waals surface area contributed by atoms with E-state index in [1.54, 1.807) is 0 Å². The van der Waals surface area contributed by atoms with Crippen molar-refractivity contribution in [2.24, 2.45) is 0 Å². The molecule has 8 nitrogen and oxygen atoms in total. The first kappa shape index (κ1) is 11.0. The van der Waals surface area contributed by atoms with Gasteiger partial charge in [-0.15, -0.1) is 0 Å². The maximum Gasteiger partial charge on any atom is 0.333 e. The third kappa shape index (κ3) is 1.56. The fraction of sp³-hybridized carbons (Fsp3) is 0.625. The lowest BCUT2D eigenvalue weighted by atomic mass is 10.2. The van der Waals surface area contributed by atoms with Gasteiger partial charge in [0.1, 0.15) is 12.3 Å². The molecule has 0 saturated carbocycles. The van der Waals surface area contributed by atoms with Gasteiger partial charge in [-0.1, -0.05) is 0 Å². The Kier molecular flexibility index (Phi) is 2.62. The van der Waals surface area contributed by atoms with Crippen molar-refractivity contribution in [2.75, 3.05) is 6.61 Å². The third-order valence-corrected chi connectivity index (χ3v) is 2.56. The quantitative estimate of drug-likeness (QED) is 0.410. The van der Waals surface area contributed by atoms with Crippen LogP contribution in [0.5, 0.6) is 11.8 Å². The van der Waals surface area contributed by atoms with Crippen LogP contribution in [-0.2, 0) is 4.74 Å². The Labute approximate surface area is 89.3 Å². The number of nitrogens with zero attached hydrogens (tertiary/aromatic N) is 1. The van der Waals surface area contributed by atoms with E-state index in [0.29, 0.717) is 0 Å². The molecule has 5 N–H and O–H groups in total. The number of nitrogens with one attached hydrogen (secondary N) is 1. The zero-order valence-electron chi connectivity index (χ0n) is 8.20. The molecule has 2 heterocycles. The van der Waals surface area contributed by atoms with Gasteiger partial charge in [0.2, 0.25) is 0 Å². The van der Waals surface area contributed by atoms with Crippen LogP contribution in [0.3, 0.4) is 0 Å². The monoisotopic (exact) mass is 232 g/mol. The molecule has 0 amide bonds. The zero-order chi connectivity index (χ0) is 11.9. The van der Waals surface area contributed by atoms with Gasteiger partial charge in [-0.3, -0.25) is 4.98 Å². The molecule has 1 saturated heterocycles. The molecule has 0 radical (unpaired) electrons. The number of aliphatic hydroxyl groups is 2. The SMILES string of the molecule is O=c1[nH]c(O)c(O)n1[C@@H]1C[C@H](O)[C@@H](CO)O1. The summed E-state index contributed by atoms with van der Waals surface area (Å²) in [5.41, 5.74) is -0.745. The standard InChI is InChI=1S/C8H12N2O6/c11-2-4-3(12)1-5(16-4)10-7(14)6(13)9-8(10)15/h3-5,11-14H,1-2H2,(H,9,15)/t3-,4+,5-/m0/s1. The summed E-state index contributed by atoms with van der Waals surface area (Å²) in [5.74, 6) is -1.31. The van der Waals surface area contributed by atoms with Crippen molar-refractivity contribution in [3.63, 3.8) is 0 Å². The first-order chi connectivity index (χ1) is 7.54. The molecule has 1 aromatic heterocycles. The number of H-pyrrole nitrogens is 1.